The summed E-state index contributed by atoms with van der Waals surface area (Å²) < 4.78 is 6.79. The molecule has 220 valence electrons. The van der Waals surface area contributed by atoms with Crippen molar-refractivity contribution in [3.8, 4) is 22.3 Å². The SMILES string of the molecule is CCC[SiH]=[Hf]([CH3])([CH3])([CH]1C=Cc2c(-c3ccc4ccccc4c3)cccc21)[CH]1C=Cc2c(-c3ccc4ccccc4c3)cccc21. The number of allylic oxidation sites excluding steroid dienone is 2. The third-order valence-corrected chi connectivity index (χ3v) is 53.8. The minimum absolute atomic E-state index is 0.372. The molecule has 2 aliphatic carbocycles. The summed E-state index contributed by atoms with van der Waals surface area (Å²) in [6, 6.07) is 47.0. The van der Waals surface area contributed by atoms with Crippen LogP contribution in [-0.4, -0.2) is 6.22 Å². The minimum atomic E-state index is -3.70. The molecule has 2 heteroatoms. The first kappa shape index (κ1) is 28.9. The molecule has 0 amide bonds. The van der Waals surface area contributed by atoms with Crippen molar-refractivity contribution >= 4 is 39.9 Å². The van der Waals surface area contributed by atoms with Gasteiger partial charge in [-0.05, 0) is 0 Å². The van der Waals surface area contributed by atoms with Crippen LogP contribution in [0.1, 0.15) is 42.9 Å². The van der Waals surface area contributed by atoms with Gasteiger partial charge in [0.05, 0.1) is 0 Å². The molecule has 0 aromatic heterocycles. The number of rotatable bonds is 6. The third-order valence-electron chi connectivity index (χ3n) is 11.0. The van der Waals surface area contributed by atoms with E-state index in [4.69, 9.17) is 0 Å². The van der Waals surface area contributed by atoms with Crippen LogP contribution in [0, 0.1) is 0 Å². The maximum absolute atomic E-state index is 3.70. The van der Waals surface area contributed by atoms with Crippen LogP contribution >= 0.6 is 0 Å². The molecule has 6 aromatic carbocycles. The summed E-state index contributed by atoms with van der Waals surface area (Å²) in [7, 11) is 0. The Hall–Kier alpha value is -3.59. The Morgan fingerprint density at radius 3 is 1.47 bits per heavy atom. The van der Waals surface area contributed by atoms with Crippen molar-refractivity contribution in [2.75, 3.05) is 0 Å². The van der Waals surface area contributed by atoms with Gasteiger partial charge < -0.3 is 0 Å². The quantitative estimate of drug-likeness (QED) is 0.148. The molecule has 6 aromatic rings. The molecule has 0 radical (unpaired) electrons. The molecule has 8 rings (SSSR count). The van der Waals surface area contributed by atoms with Crippen LogP contribution in [-0.2, 0) is 17.1 Å². The Kier molecular flexibility index (Phi) is 7.08. The molecule has 0 heterocycles. The van der Waals surface area contributed by atoms with E-state index in [9.17, 15) is 0 Å². The van der Waals surface area contributed by atoms with Crippen molar-refractivity contribution in [2.45, 2.75) is 36.1 Å². The fourth-order valence-electron chi connectivity index (χ4n) is 8.53. The van der Waals surface area contributed by atoms with E-state index in [0.29, 0.717) is 13.6 Å². The molecule has 0 saturated carbocycles. The van der Waals surface area contributed by atoms with Crippen LogP contribution in [0.25, 0.3) is 56.0 Å². The van der Waals surface area contributed by atoms with E-state index < -0.39 is 17.1 Å². The zero-order valence-electron chi connectivity index (χ0n) is 26.5. The zero-order chi connectivity index (χ0) is 30.6. The summed E-state index contributed by atoms with van der Waals surface area (Å²) in [5, 5.41) is 5.23. The van der Waals surface area contributed by atoms with Crippen LogP contribution in [0.4, 0.5) is 0 Å². The van der Waals surface area contributed by atoms with Crippen molar-refractivity contribution in [3.63, 3.8) is 0 Å². The average molecular weight is 763 g/mol. The molecule has 0 bridgehead atoms. The topological polar surface area (TPSA) is 0 Å². The summed E-state index contributed by atoms with van der Waals surface area (Å²) in [6.45, 7) is 2.39. The van der Waals surface area contributed by atoms with Crippen LogP contribution in [0.15, 0.2) is 133 Å². The molecule has 0 N–H and O–H groups in total. The molecule has 2 atom stereocenters. The molecule has 2 unspecified atom stereocenters. The van der Waals surface area contributed by atoms with Crippen molar-refractivity contribution in [3.05, 3.63) is 156 Å². The van der Waals surface area contributed by atoms with Crippen LogP contribution in [0.2, 0.25) is 15.4 Å². The first-order valence-corrected chi connectivity index (χ1v) is 35.5. The van der Waals surface area contributed by atoms with Gasteiger partial charge in [-0.2, -0.15) is 0 Å². The van der Waals surface area contributed by atoms with E-state index in [0.717, 1.165) is 0 Å². The molecular formula is C43H40HfSi. The van der Waals surface area contributed by atoms with E-state index in [1.807, 2.05) is 0 Å². The molecule has 0 aliphatic heterocycles. The van der Waals surface area contributed by atoms with Gasteiger partial charge in [-0.25, -0.2) is 0 Å². The Labute approximate surface area is 269 Å². The maximum atomic E-state index is 2.84. The van der Waals surface area contributed by atoms with Gasteiger partial charge in [0.25, 0.3) is 0 Å². The summed E-state index contributed by atoms with van der Waals surface area (Å²) in [5.41, 5.74) is 11.5. The molecule has 0 fully saturated rings. The van der Waals surface area contributed by atoms with Gasteiger partial charge in [-0.1, -0.05) is 0 Å². The first-order valence-electron chi connectivity index (χ1n) is 16.6. The van der Waals surface area contributed by atoms with Gasteiger partial charge in [0.15, 0.2) is 0 Å². The second-order valence-corrected chi connectivity index (χ2v) is 58.5. The average Bonchev–Trinajstić information content (AvgIpc) is 3.74. The zero-order valence-corrected chi connectivity index (χ0v) is 31.3. The van der Waals surface area contributed by atoms with Crippen molar-refractivity contribution in [1.82, 2.24) is 0 Å². The van der Waals surface area contributed by atoms with E-state index in [-0.39, 0.29) is 0 Å². The van der Waals surface area contributed by atoms with Crippen LogP contribution < -0.4 is 0 Å². The molecule has 45 heavy (non-hydrogen) atoms. The van der Waals surface area contributed by atoms with Crippen LogP contribution in [0.3, 0.4) is 0 Å². The van der Waals surface area contributed by atoms with Crippen molar-refractivity contribution in [1.29, 1.82) is 0 Å². The second kappa shape index (κ2) is 11.0. The standard InChI is InChI=1S/2C19H13.C3H8Si.2CH3.Hf/c2*1-2-6-16-13-17(12-11-14(16)5-1)19-10-4-8-15-7-3-9-18(15)19;1-2-3-4;;;/h2*1-13H;4H,2-3H2,1H3;2*1H3;. The normalized spacial score (nSPS) is 17.2. The Bertz CT molecular complexity index is 2110. The first-order chi connectivity index (χ1) is 21.9. The number of benzene rings is 6. The third kappa shape index (κ3) is 4.72. The fraction of sp³-hybridized carbons (Fsp3) is 0.163. The Morgan fingerprint density at radius 1 is 0.533 bits per heavy atom. The monoisotopic (exact) mass is 764 g/mol. The van der Waals surface area contributed by atoms with E-state index in [2.05, 4.69) is 162 Å². The summed E-state index contributed by atoms with van der Waals surface area (Å²) >= 11 is -3.70. The van der Waals surface area contributed by atoms with Gasteiger partial charge in [0.2, 0.25) is 0 Å². The number of fused-ring (bicyclic) bond motifs is 4. The summed E-state index contributed by atoms with van der Waals surface area (Å²) in [6.07, 6.45) is 11.9. The van der Waals surface area contributed by atoms with Gasteiger partial charge >= 0.3 is 271 Å². The summed E-state index contributed by atoms with van der Waals surface area (Å²) in [5.74, 6) is 0. The number of hydrogen-bond acceptors (Lipinski definition) is 0. The molecular weight excluding hydrogens is 723 g/mol. The second-order valence-electron chi connectivity index (χ2n) is 14.1. The van der Waals surface area contributed by atoms with Crippen LogP contribution in [0.5, 0.6) is 0 Å². The van der Waals surface area contributed by atoms with Gasteiger partial charge in [0, 0.05) is 0 Å². The molecule has 2 aliphatic rings. The summed E-state index contributed by atoms with van der Waals surface area (Å²) in [4.78, 5) is 0. The predicted octanol–water partition coefficient (Wildman–Crippen LogP) is 12.1. The Morgan fingerprint density at radius 2 is 1.00 bits per heavy atom. The van der Waals surface area contributed by atoms with E-state index in [1.165, 1.54) is 67.4 Å². The van der Waals surface area contributed by atoms with Gasteiger partial charge in [0.1, 0.15) is 0 Å². The van der Waals surface area contributed by atoms with Crippen molar-refractivity contribution < 1.29 is 17.1 Å². The fourth-order valence-corrected chi connectivity index (χ4v) is 48.7. The Balaban J connectivity index is 1.25. The van der Waals surface area contributed by atoms with E-state index >= 15 is 0 Å². The number of hydrogen-bond donors (Lipinski definition) is 0. The predicted molar refractivity (Wildman–Crippen MR) is 196 cm³/mol. The van der Waals surface area contributed by atoms with E-state index in [1.54, 1.807) is 11.1 Å². The molecule has 0 saturated heterocycles. The van der Waals surface area contributed by atoms with Crippen molar-refractivity contribution in [2.24, 2.45) is 0 Å². The molecule has 0 spiro atoms. The van der Waals surface area contributed by atoms with Gasteiger partial charge in [-0.15, -0.1) is 0 Å². The van der Waals surface area contributed by atoms with Gasteiger partial charge in [-0.3, -0.25) is 0 Å². The molecule has 0 nitrogen and oxygen atoms in total.